The summed E-state index contributed by atoms with van der Waals surface area (Å²) in [6, 6.07) is 9.27. The van der Waals surface area contributed by atoms with Crippen molar-refractivity contribution in [2.75, 3.05) is 11.5 Å². The van der Waals surface area contributed by atoms with Crippen molar-refractivity contribution >= 4 is 26.7 Å². The number of nitrogens with zero attached hydrogens (tertiary/aromatic N) is 1. The highest BCUT2D eigenvalue weighted by atomic mass is 32.2. The van der Waals surface area contributed by atoms with Crippen LogP contribution in [0.4, 0.5) is 0 Å². The van der Waals surface area contributed by atoms with Crippen molar-refractivity contribution in [3.8, 4) is 0 Å². The number of hydrogen-bond acceptors (Lipinski definition) is 4. The third kappa shape index (κ3) is 2.63. The highest BCUT2D eigenvalue weighted by Gasteiger charge is 2.48. The minimum absolute atomic E-state index is 0.0472. The van der Waals surface area contributed by atoms with Crippen LogP contribution < -0.4 is 0 Å². The molecule has 5 nitrogen and oxygen atoms in total. The van der Waals surface area contributed by atoms with Gasteiger partial charge in [-0.2, -0.15) is 0 Å². The molecule has 1 unspecified atom stereocenters. The van der Waals surface area contributed by atoms with E-state index in [9.17, 15) is 18.3 Å². The summed E-state index contributed by atoms with van der Waals surface area (Å²) in [5.74, 6) is -1.36. The molecule has 0 spiro atoms. The molecular formula is C15H15NO4S. The van der Waals surface area contributed by atoms with Crippen molar-refractivity contribution < 1.29 is 18.3 Å². The summed E-state index contributed by atoms with van der Waals surface area (Å²) in [7, 11) is -3.25. The maximum Gasteiger partial charge on any atom is 0.311 e. The van der Waals surface area contributed by atoms with Gasteiger partial charge in [-0.05, 0) is 36.6 Å². The van der Waals surface area contributed by atoms with Crippen LogP contribution in [0.3, 0.4) is 0 Å². The first-order valence-electron chi connectivity index (χ1n) is 6.68. The van der Waals surface area contributed by atoms with Crippen LogP contribution in [0.2, 0.25) is 0 Å². The van der Waals surface area contributed by atoms with E-state index in [1.165, 1.54) is 0 Å². The highest BCUT2D eigenvalue weighted by Crippen LogP contribution is 2.36. The fraction of sp³-hybridized carbons (Fsp3) is 0.333. The Morgan fingerprint density at radius 3 is 2.81 bits per heavy atom. The number of carboxylic acid groups (broad SMARTS) is 1. The molecule has 0 amide bonds. The number of sulfone groups is 1. The largest absolute Gasteiger partial charge is 0.481 e. The van der Waals surface area contributed by atoms with E-state index in [0.29, 0.717) is 0 Å². The summed E-state index contributed by atoms with van der Waals surface area (Å²) in [5, 5.41) is 10.4. The SMILES string of the molecule is O=C(O)C1(Cc2ccc3ncccc3c2)CCS(=O)(=O)C1. The molecule has 0 saturated carbocycles. The number of fused-ring (bicyclic) bond motifs is 1. The summed E-state index contributed by atoms with van der Waals surface area (Å²) >= 11 is 0. The molecule has 1 saturated heterocycles. The Morgan fingerprint density at radius 2 is 2.14 bits per heavy atom. The van der Waals surface area contributed by atoms with Crippen molar-refractivity contribution in [2.45, 2.75) is 12.8 Å². The average Bonchev–Trinajstić information content (AvgIpc) is 2.75. The number of aromatic nitrogens is 1. The number of hydrogen-bond donors (Lipinski definition) is 1. The maximum atomic E-state index is 11.7. The predicted molar refractivity (Wildman–Crippen MR) is 78.8 cm³/mol. The molecule has 110 valence electrons. The number of rotatable bonds is 3. The molecule has 0 aliphatic carbocycles. The topological polar surface area (TPSA) is 84.3 Å². The molecule has 2 aromatic rings. The second-order valence-corrected chi connectivity index (χ2v) is 7.82. The molecule has 3 rings (SSSR count). The third-order valence-corrected chi connectivity index (χ3v) is 5.87. The summed E-state index contributed by atoms with van der Waals surface area (Å²) in [4.78, 5) is 15.8. The minimum atomic E-state index is -3.25. The Morgan fingerprint density at radius 1 is 1.33 bits per heavy atom. The van der Waals surface area contributed by atoms with E-state index < -0.39 is 21.2 Å². The first kappa shape index (κ1) is 14.0. The molecule has 1 atom stereocenters. The monoisotopic (exact) mass is 305 g/mol. The fourth-order valence-electron chi connectivity index (χ4n) is 2.93. The number of carboxylic acids is 1. The van der Waals surface area contributed by atoms with Gasteiger partial charge in [-0.15, -0.1) is 0 Å². The second kappa shape index (κ2) is 4.80. The molecule has 1 aliphatic heterocycles. The molecule has 6 heteroatoms. The average molecular weight is 305 g/mol. The normalized spacial score (nSPS) is 24.2. The molecule has 1 aromatic heterocycles. The summed E-state index contributed by atoms with van der Waals surface area (Å²) in [5.41, 5.74) is 0.467. The Bertz CT molecular complexity index is 815. The highest BCUT2D eigenvalue weighted by molar-refractivity contribution is 7.91. The van der Waals surface area contributed by atoms with E-state index in [2.05, 4.69) is 4.98 Å². The number of benzene rings is 1. The molecule has 21 heavy (non-hydrogen) atoms. The zero-order valence-electron chi connectivity index (χ0n) is 11.3. The standard InChI is InChI=1S/C15H15NO4S/c17-14(18)15(5-7-21(19,20)10-15)9-11-3-4-13-12(8-11)2-1-6-16-13/h1-4,6,8H,5,7,9-10H2,(H,17,18). The van der Waals surface area contributed by atoms with Crippen molar-refractivity contribution in [1.29, 1.82) is 0 Å². The molecule has 1 N–H and O–H groups in total. The van der Waals surface area contributed by atoms with Crippen molar-refractivity contribution in [3.63, 3.8) is 0 Å². The van der Waals surface area contributed by atoms with Gasteiger partial charge in [-0.1, -0.05) is 12.1 Å². The molecular weight excluding hydrogens is 290 g/mol. The Balaban J connectivity index is 1.97. The van der Waals surface area contributed by atoms with Crippen molar-refractivity contribution in [3.05, 3.63) is 42.1 Å². The van der Waals surface area contributed by atoms with Gasteiger partial charge < -0.3 is 5.11 Å². The van der Waals surface area contributed by atoms with Crippen molar-refractivity contribution in [1.82, 2.24) is 4.98 Å². The number of carbonyl (C=O) groups is 1. The van der Waals surface area contributed by atoms with Gasteiger partial charge in [-0.25, -0.2) is 8.42 Å². The number of pyridine rings is 1. The first-order chi connectivity index (χ1) is 9.90. The molecule has 0 bridgehead atoms. The molecule has 1 aliphatic rings. The van der Waals surface area contributed by atoms with E-state index in [1.54, 1.807) is 6.20 Å². The zero-order valence-corrected chi connectivity index (χ0v) is 12.1. The van der Waals surface area contributed by atoms with Crippen LogP contribution in [0.25, 0.3) is 10.9 Å². The van der Waals surface area contributed by atoms with E-state index in [1.807, 2.05) is 30.3 Å². The van der Waals surface area contributed by atoms with Crippen LogP contribution in [0.5, 0.6) is 0 Å². The van der Waals surface area contributed by atoms with Crippen LogP contribution in [0.15, 0.2) is 36.5 Å². The Kier molecular flexibility index (Phi) is 3.20. The Hall–Kier alpha value is -1.95. The van der Waals surface area contributed by atoms with Gasteiger partial charge in [0.05, 0.1) is 22.4 Å². The predicted octanol–water partition coefficient (Wildman–Crippen LogP) is 1.67. The van der Waals surface area contributed by atoms with Crippen LogP contribution in [-0.4, -0.2) is 36.0 Å². The molecule has 2 heterocycles. The fourth-order valence-corrected chi connectivity index (χ4v) is 4.98. The smallest absolute Gasteiger partial charge is 0.311 e. The first-order valence-corrected chi connectivity index (χ1v) is 8.50. The number of aliphatic carboxylic acids is 1. The quantitative estimate of drug-likeness (QED) is 0.932. The van der Waals surface area contributed by atoms with E-state index in [4.69, 9.17) is 0 Å². The molecule has 1 aromatic carbocycles. The Labute approximate surface area is 122 Å². The minimum Gasteiger partial charge on any atom is -0.481 e. The third-order valence-electron chi connectivity index (χ3n) is 4.05. The van der Waals surface area contributed by atoms with Crippen LogP contribution in [0, 0.1) is 5.41 Å². The lowest BCUT2D eigenvalue weighted by Gasteiger charge is -2.22. The van der Waals surface area contributed by atoms with Crippen LogP contribution in [-0.2, 0) is 21.1 Å². The molecule has 0 radical (unpaired) electrons. The molecule has 1 fully saturated rings. The maximum absolute atomic E-state index is 11.7. The van der Waals surface area contributed by atoms with Gasteiger partial charge in [0.1, 0.15) is 0 Å². The van der Waals surface area contributed by atoms with Gasteiger partial charge in [0.15, 0.2) is 9.84 Å². The zero-order chi connectivity index (χ0) is 15.1. The van der Waals surface area contributed by atoms with Gasteiger partial charge in [0.25, 0.3) is 0 Å². The lowest BCUT2D eigenvalue weighted by molar-refractivity contribution is -0.147. The van der Waals surface area contributed by atoms with E-state index >= 15 is 0 Å². The summed E-state index contributed by atoms with van der Waals surface area (Å²) in [6.45, 7) is 0. The van der Waals surface area contributed by atoms with E-state index in [0.717, 1.165) is 16.5 Å². The lowest BCUT2D eigenvalue weighted by atomic mass is 9.81. The van der Waals surface area contributed by atoms with Gasteiger partial charge >= 0.3 is 5.97 Å². The lowest BCUT2D eigenvalue weighted by Crippen LogP contribution is -2.34. The van der Waals surface area contributed by atoms with Crippen molar-refractivity contribution in [2.24, 2.45) is 5.41 Å². The summed E-state index contributed by atoms with van der Waals surface area (Å²) < 4.78 is 23.4. The summed E-state index contributed by atoms with van der Waals surface area (Å²) in [6.07, 6.45) is 2.10. The van der Waals surface area contributed by atoms with Gasteiger partial charge in [0, 0.05) is 11.6 Å². The van der Waals surface area contributed by atoms with Crippen LogP contribution in [0.1, 0.15) is 12.0 Å². The van der Waals surface area contributed by atoms with Gasteiger partial charge in [0.2, 0.25) is 0 Å². The second-order valence-electron chi connectivity index (χ2n) is 5.63. The van der Waals surface area contributed by atoms with Gasteiger partial charge in [-0.3, -0.25) is 9.78 Å². The van der Waals surface area contributed by atoms with Crippen LogP contribution >= 0.6 is 0 Å². The van der Waals surface area contributed by atoms with E-state index in [-0.39, 0.29) is 24.3 Å².